The number of benzene rings is 1. The fourth-order valence-electron chi connectivity index (χ4n) is 6.81. The van der Waals surface area contributed by atoms with Crippen LogP contribution in [0.5, 0.6) is 5.75 Å². The van der Waals surface area contributed by atoms with Gasteiger partial charge in [0.1, 0.15) is 11.5 Å². The minimum atomic E-state index is -0.0247. The van der Waals surface area contributed by atoms with E-state index < -0.39 is 0 Å². The minimum Gasteiger partial charge on any atom is -0.508 e. The summed E-state index contributed by atoms with van der Waals surface area (Å²) in [6, 6.07) is 6.54. The van der Waals surface area contributed by atoms with Gasteiger partial charge in [0.2, 0.25) is 0 Å². The Hall–Kier alpha value is -1.35. The first-order valence-corrected chi connectivity index (χ1v) is 10.7. The monoisotopic (exact) mass is 353 g/mol. The lowest BCUT2D eigenvalue weighted by Crippen LogP contribution is -2.64. The molecule has 2 saturated carbocycles. The molecule has 1 aliphatic heterocycles. The molecule has 3 aliphatic carbocycles. The van der Waals surface area contributed by atoms with Gasteiger partial charge >= 0.3 is 0 Å². The van der Waals surface area contributed by atoms with Crippen molar-refractivity contribution >= 4 is 5.78 Å². The van der Waals surface area contributed by atoms with Crippen LogP contribution < -0.4 is 0 Å². The molecule has 1 saturated heterocycles. The molecule has 5 rings (SSSR count). The lowest BCUT2D eigenvalue weighted by atomic mass is 9.49. The van der Waals surface area contributed by atoms with Crippen LogP contribution in [0.25, 0.3) is 0 Å². The molecule has 0 spiro atoms. The maximum atomic E-state index is 12.7. The summed E-state index contributed by atoms with van der Waals surface area (Å²) >= 11 is 0. The zero-order valence-corrected chi connectivity index (χ0v) is 15.9. The smallest absolute Gasteiger partial charge is 0.134 e. The third-order valence-corrected chi connectivity index (χ3v) is 8.18. The van der Waals surface area contributed by atoms with E-state index in [-0.39, 0.29) is 5.41 Å². The van der Waals surface area contributed by atoms with Gasteiger partial charge in [-0.3, -0.25) is 9.69 Å². The van der Waals surface area contributed by atoms with Crippen molar-refractivity contribution in [2.24, 2.45) is 17.8 Å². The fourth-order valence-corrected chi connectivity index (χ4v) is 6.81. The number of aromatic hydroxyl groups is 1. The van der Waals surface area contributed by atoms with Gasteiger partial charge in [0.05, 0.1) is 0 Å². The average molecular weight is 354 g/mol. The Morgan fingerprint density at radius 2 is 2.12 bits per heavy atom. The SMILES string of the molecule is CC[C@H]1CC(=O)C[C@]23CCN(CC4CCC4)[C@H](Cc4ccc(O)cc42)[C@H]13. The number of hydrogen-bond donors (Lipinski definition) is 1. The maximum absolute atomic E-state index is 12.7. The van der Waals surface area contributed by atoms with Crippen LogP contribution in [0.2, 0.25) is 0 Å². The van der Waals surface area contributed by atoms with Crippen molar-refractivity contribution in [3.8, 4) is 5.75 Å². The Bertz CT molecular complexity index is 725. The van der Waals surface area contributed by atoms with Crippen molar-refractivity contribution in [1.29, 1.82) is 0 Å². The number of piperidine rings is 1. The molecule has 3 fully saturated rings. The highest BCUT2D eigenvalue weighted by atomic mass is 16.3. The van der Waals surface area contributed by atoms with Gasteiger partial charge in [-0.25, -0.2) is 0 Å². The first kappa shape index (κ1) is 16.8. The number of ketones is 1. The van der Waals surface area contributed by atoms with Gasteiger partial charge in [0.15, 0.2) is 0 Å². The Morgan fingerprint density at radius 3 is 2.85 bits per heavy atom. The molecule has 1 aromatic rings. The van der Waals surface area contributed by atoms with Crippen LogP contribution >= 0.6 is 0 Å². The predicted molar refractivity (Wildman–Crippen MR) is 102 cm³/mol. The number of likely N-dealkylation sites (tertiary alicyclic amines) is 1. The lowest BCUT2D eigenvalue weighted by Gasteiger charge is -2.61. The van der Waals surface area contributed by atoms with Crippen LogP contribution in [0, 0.1) is 17.8 Å². The van der Waals surface area contributed by atoms with Crippen molar-refractivity contribution in [2.45, 2.75) is 69.7 Å². The molecule has 140 valence electrons. The maximum Gasteiger partial charge on any atom is 0.134 e. The van der Waals surface area contributed by atoms with E-state index in [1.165, 1.54) is 36.9 Å². The van der Waals surface area contributed by atoms with Crippen molar-refractivity contribution < 1.29 is 9.90 Å². The Kier molecular flexibility index (Phi) is 3.93. The zero-order chi connectivity index (χ0) is 17.9. The molecule has 4 atom stereocenters. The highest BCUT2D eigenvalue weighted by Crippen LogP contribution is 2.58. The Balaban J connectivity index is 1.59. The molecule has 0 amide bonds. The van der Waals surface area contributed by atoms with E-state index in [2.05, 4.69) is 17.9 Å². The van der Waals surface area contributed by atoms with Crippen molar-refractivity contribution in [2.75, 3.05) is 13.1 Å². The summed E-state index contributed by atoms with van der Waals surface area (Å²) in [5.74, 6) is 2.78. The lowest BCUT2D eigenvalue weighted by molar-refractivity contribution is -0.132. The first-order valence-electron chi connectivity index (χ1n) is 10.7. The van der Waals surface area contributed by atoms with Crippen LogP contribution in [0.15, 0.2) is 18.2 Å². The second-order valence-corrected chi connectivity index (χ2v) is 9.42. The molecule has 1 N–H and O–H groups in total. The zero-order valence-electron chi connectivity index (χ0n) is 15.9. The molecule has 3 nitrogen and oxygen atoms in total. The largest absolute Gasteiger partial charge is 0.508 e. The van der Waals surface area contributed by atoms with Crippen LogP contribution in [0.4, 0.5) is 0 Å². The number of carbonyl (C=O) groups is 1. The van der Waals surface area contributed by atoms with E-state index in [0.717, 1.165) is 38.1 Å². The van der Waals surface area contributed by atoms with E-state index >= 15 is 0 Å². The number of hydrogen-bond acceptors (Lipinski definition) is 3. The second-order valence-electron chi connectivity index (χ2n) is 9.42. The van der Waals surface area contributed by atoms with Gasteiger partial charge < -0.3 is 5.11 Å². The van der Waals surface area contributed by atoms with Gasteiger partial charge in [-0.1, -0.05) is 25.8 Å². The molecular weight excluding hydrogens is 322 g/mol. The highest BCUT2D eigenvalue weighted by Gasteiger charge is 2.58. The summed E-state index contributed by atoms with van der Waals surface area (Å²) in [6.45, 7) is 4.65. The minimum absolute atomic E-state index is 0.0247. The van der Waals surface area contributed by atoms with E-state index in [1.54, 1.807) is 0 Å². The number of rotatable bonds is 3. The Labute approximate surface area is 156 Å². The highest BCUT2D eigenvalue weighted by molar-refractivity contribution is 5.82. The molecule has 3 heteroatoms. The molecule has 0 aromatic heterocycles. The van der Waals surface area contributed by atoms with Crippen LogP contribution in [-0.2, 0) is 16.6 Å². The van der Waals surface area contributed by atoms with Gasteiger partial charge in [-0.05, 0) is 73.2 Å². The summed E-state index contributed by atoms with van der Waals surface area (Å²) in [7, 11) is 0. The summed E-state index contributed by atoms with van der Waals surface area (Å²) in [5.41, 5.74) is 2.66. The van der Waals surface area contributed by atoms with Crippen molar-refractivity contribution in [3.63, 3.8) is 0 Å². The molecule has 0 radical (unpaired) electrons. The number of Topliss-reactive ketones (excluding diaryl/α,β-unsaturated/α-hetero) is 1. The van der Waals surface area contributed by atoms with Crippen molar-refractivity contribution in [1.82, 2.24) is 4.90 Å². The number of carbonyl (C=O) groups excluding carboxylic acids is 1. The molecule has 0 unspecified atom stereocenters. The standard InChI is InChI=1S/C23H31NO2/c1-2-16-10-19(26)13-23-8-9-24(14-15-4-3-5-15)21(22(16)23)11-17-6-7-18(25)12-20(17)23/h6-7,12,15-16,21-22,25H,2-5,8-11,13-14H2,1H3/t16-,21+,22-,23+/m0/s1. The summed E-state index contributed by atoms with van der Waals surface area (Å²) in [5, 5.41) is 10.2. The Morgan fingerprint density at radius 1 is 1.27 bits per heavy atom. The quantitative estimate of drug-likeness (QED) is 0.891. The summed E-state index contributed by atoms with van der Waals surface area (Å²) in [6.07, 6.45) is 8.95. The van der Waals surface area contributed by atoms with Crippen LogP contribution in [0.1, 0.15) is 63.0 Å². The van der Waals surface area contributed by atoms with Gasteiger partial charge in [-0.15, -0.1) is 0 Å². The van der Waals surface area contributed by atoms with Crippen LogP contribution in [-0.4, -0.2) is 34.9 Å². The third kappa shape index (κ3) is 2.39. The van der Waals surface area contributed by atoms with E-state index in [1.807, 2.05) is 12.1 Å². The number of fused-ring (bicyclic) bond motifs is 1. The second kappa shape index (κ2) is 6.09. The molecule has 1 heterocycles. The predicted octanol–water partition coefficient (Wildman–Crippen LogP) is 4.07. The molecule has 2 bridgehead atoms. The summed E-state index contributed by atoms with van der Waals surface area (Å²) < 4.78 is 0. The first-order chi connectivity index (χ1) is 12.6. The normalized spacial score (nSPS) is 37.0. The van der Waals surface area contributed by atoms with E-state index in [4.69, 9.17) is 0 Å². The van der Waals surface area contributed by atoms with E-state index in [9.17, 15) is 9.90 Å². The molecule has 1 aromatic carbocycles. The van der Waals surface area contributed by atoms with Gasteiger partial charge in [0, 0.05) is 30.8 Å². The molecule has 26 heavy (non-hydrogen) atoms. The van der Waals surface area contributed by atoms with Gasteiger partial charge in [-0.2, -0.15) is 0 Å². The molecule has 4 aliphatic rings. The number of nitrogens with zero attached hydrogens (tertiary/aromatic N) is 1. The van der Waals surface area contributed by atoms with Crippen LogP contribution in [0.3, 0.4) is 0 Å². The third-order valence-electron chi connectivity index (χ3n) is 8.18. The van der Waals surface area contributed by atoms with Gasteiger partial charge in [0.25, 0.3) is 0 Å². The van der Waals surface area contributed by atoms with Crippen molar-refractivity contribution in [3.05, 3.63) is 29.3 Å². The summed E-state index contributed by atoms with van der Waals surface area (Å²) in [4.78, 5) is 15.5. The topological polar surface area (TPSA) is 40.5 Å². The van der Waals surface area contributed by atoms with E-state index in [0.29, 0.717) is 35.8 Å². The molecular formula is C23H31NO2. The number of phenolic OH excluding ortho intramolecular Hbond substituents is 1. The average Bonchev–Trinajstić information content (AvgIpc) is 2.59. The fraction of sp³-hybridized carbons (Fsp3) is 0.696. The number of phenols is 1.